The molecule has 0 saturated carbocycles. The number of aromatic nitrogens is 1. The summed E-state index contributed by atoms with van der Waals surface area (Å²) in [5, 5.41) is 12.3. The lowest BCUT2D eigenvalue weighted by Gasteiger charge is -2.37. The monoisotopic (exact) mass is 411 g/mol. The number of benzene rings is 2. The molecule has 0 bridgehead atoms. The molecule has 1 aromatic heterocycles. The summed E-state index contributed by atoms with van der Waals surface area (Å²) in [7, 11) is 0. The maximum Gasteiger partial charge on any atom is 0.205 e. The van der Waals surface area contributed by atoms with E-state index in [2.05, 4.69) is 55.7 Å². The minimum Gasteiger partial charge on any atom is -0.444 e. The molecule has 1 atom stereocenters. The Morgan fingerprint density at radius 2 is 1.90 bits per heavy atom. The van der Waals surface area contributed by atoms with Gasteiger partial charge < -0.3 is 15.0 Å². The van der Waals surface area contributed by atoms with Crippen LogP contribution in [0.25, 0.3) is 21.8 Å². The number of ether oxygens (including phenoxy) is 1. The van der Waals surface area contributed by atoms with Crippen molar-refractivity contribution in [3.63, 3.8) is 0 Å². The summed E-state index contributed by atoms with van der Waals surface area (Å²) < 4.78 is 8.09. The van der Waals surface area contributed by atoms with Crippen molar-refractivity contribution in [1.29, 1.82) is 5.26 Å². The third-order valence-corrected chi connectivity index (χ3v) is 6.52. The molecule has 0 saturated heterocycles. The van der Waals surface area contributed by atoms with E-state index in [0.717, 1.165) is 23.0 Å². The number of hydrogen-bond donors (Lipinski definition) is 1. The number of nitrogens with two attached hydrogens (primary N) is 1. The summed E-state index contributed by atoms with van der Waals surface area (Å²) in [5.74, 6) is 0.254. The highest BCUT2D eigenvalue weighted by molar-refractivity contribution is 6.08. The Hall–Kier alpha value is -3.52. The van der Waals surface area contributed by atoms with Gasteiger partial charge in [0, 0.05) is 46.8 Å². The number of rotatable bonds is 2. The summed E-state index contributed by atoms with van der Waals surface area (Å²) in [5.41, 5.74) is 10.0. The molecule has 2 heterocycles. The summed E-state index contributed by atoms with van der Waals surface area (Å²) >= 11 is 0. The first kappa shape index (κ1) is 19.4. The highest BCUT2D eigenvalue weighted by Crippen LogP contribution is 2.48. The van der Waals surface area contributed by atoms with Crippen molar-refractivity contribution in [2.75, 3.05) is 0 Å². The molecule has 0 fully saturated rings. The molecule has 3 aromatic rings. The number of fused-ring (bicyclic) bond motifs is 3. The van der Waals surface area contributed by atoms with Crippen LogP contribution in [0.5, 0.6) is 0 Å². The van der Waals surface area contributed by atoms with Gasteiger partial charge in [0.1, 0.15) is 17.4 Å². The molecule has 0 amide bonds. The fourth-order valence-corrected chi connectivity index (χ4v) is 5.20. The Kier molecular flexibility index (Phi) is 4.23. The average molecular weight is 412 g/mol. The van der Waals surface area contributed by atoms with E-state index >= 15 is 0 Å². The molecule has 1 aliphatic heterocycles. The van der Waals surface area contributed by atoms with Crippen LogP contribution in [-0.4, -0.2) is 10.4 Å². The molecular weight excluding hydrogens is 386 g/mol. The second-order valence-corrected chi connectivity index (χ2v) is 9.24. The minimum absolute atomic E-state index is 0.0348. The summed E-state index contributed by atoms with van der Waals surface area (Å²) in [6.07, 6.45) is 1.06. The molecule has 0 radical (unpaired) electrons. The van der Waals surface area contributed by atoms with E-state index in [0.29, 0.717) is 29.7 Å². The van der Waals surface area contributed by atoms with Crippen molar-refractivity contribution in [3.8, 4) is 6.07 Å². The first-order valence-electron chi connectivity index (χ1n) is 10.7. The topological polar surface area (TPSA) is 81.0 Å². The van der Waals surface area contributed by atoms with Crippen LogP contribution in [0.4, 0.5) is 0 Å². The number of nitrogens with zero attached hydrogens (tertiary/aromatic N) is 2. The van der Waals surface area contributed by atoms with E-state index in [9.17, 15) is 10.1 Å². The molecule has 0 unspecified atom stereocenters. The van der Waals surface area contributed by atoms with Crippen LogP contribution in [0.15, 0.2) is 65.3 Å². The molecule has 2 aromatic carbocycles. The van der Waals surface area contributed by atoms with Crippen molar-refractivity contribution in [1.82, 2.24) is 4.57 Å². The van der Waals surface area contributed by atoms with Gasteiger partial charge in [-0.3, -0.25) is 4.79 Å². The van der Waals surface area contributed by atoms with Gasteiger partial charge in [-0.05, 0) is 30.0 Å². The summed E-state index contributed by atoms with van der Waals surface area (Å²) in [6, 6.07) is 16.8. The van der Waals surface area contributed by atoms with Crippen LogP contribution in [0, 0.1) is 16.7 Å². The van der Waals surface area contributed by atoms with Crippen molar-refractivity contribution >= 4 is 27.6 Å². The van der Waals surface area contributed by atoms with E-state index in [-0.39, 0.29) is 17.1 Å². The third-order valence-electron chi connectivity index (χ3n) is 6.52. The molecule has 2 aliphatic rings. The normalized spacial score (nSPS) is 20.7. The SMILES string of the molecule is CCn1c2ccccc2c2ccc([C@H]3C(C#N)=C(N)OC4=C3C(=O)CC(C)(C)C4)cc21. The van der Waals surface area contributed by atoms with Crippen molar-refractivity contribution in [2.24, 2.45) is 11.1 Å². The van der Waals surface area contributed by atoms with Gasteiger partial charge in [0.25, 0.3) is 0 Å². The summed E-state index contributed by atoms with van der Waals surface area (Å²) in [6.45, 7) is 7.06. The van der Waals surface area contributed by atoms with E-state index in [4.69, 9.17) is 10.5 Å². The van der Waals surface area contributed by atoms with Crippen LogP contribution in [-0.2, 0) is 16.1 Å². The maximum atomic E-state index is 13.2. The minimum atomic E-state index is -0.495. The first-order chi connectivity index (χ1) is 14.8. The van der Waals surface area contributed by atoms with Gasteiger partial charge in [-0.15, -0.1) is 0 Å². The fourth-order valence-electron chi connectivity index (χ4n) is 5.20. The van der Waals surface area contributed by atoms with E-state index < -0.39 is 5.92 Å². The lowest BCUT2D eigenvalue weighted by Crippen LogP contribution is -2.33. The third kappa shape index (κ3) is 2.86. The Bertz CT molecular complexity index is 1360. The highest BCUT2D eigenvalue weighted by atomic mass is 16.5. The van der Waals surface area contributed by atoms with Gasteiger partial charge in [0.15, 0.2) is 5.78 Å². The van der Waals surface area contributed by atoms with Gasteiger partial charge in [-0.1, -0.05) is 44.2 Å². The van der Waals surface area contributed by atoms with Gasteiger partial charge in [-0.25, -0.2) is 0 Å². The van der Waals surface area contributed by atoms with Crippen molar-refractivity contribution in [2.45, 2.75) is 46.1 Å². The number of carbonyl (C=O) groups excluding carboxylic acids is 1. The molecule has 5 nitrogen and oxygen atoms in total. The lowest BCUT2D eigenvalue weighted by atomic mass is 9.70. The second kappa shape index (κ2) is 6.75. The van der Waals surface area contributed by atoms with Crippen molar-refractivity contribution in [3.05, 3.63) is 70.8 Å². The number of hydrogen-bond acceptors (Lipinski definition) is 4. The molecule has 0 spiro atoms. The number of aryl methyl sites for hydroxylation is 1. The smallest absolute Gasteiger partial charge is 0.205 e. The molecule has 156 valence electrons. The number of nitriles is 1. The highest BCUT2D eigenvalue weighted by Gasteiger charge is 2.43. The molecule has 5 heteroatoms. The Balaban J connectivity index is 1.76. The fraction of sp³-hybridized carbons (Fsp3) is 0.308. The maximum absolute atomic E-state index is 13.2. The zero-order valence-corrected chi connectivity index (χ0v) is 18.0. The quantitative estimate of drug-likeness (QED) is 0.623. The van der Waals surface area contributed by atoms with Gasteiger partial charge >= 0.3 is 0 Å². The number of carbonyl (C=O) groups is 1. The number of ketones is 1. The van der Waals surface area contributed by atoms with Crippen LogP contribution in [0.1, 0.15) is 45.1 Å². The Morgan fingerprint density at radius 1 is 1.16 bits per heavy atom. The predicted octanol–water partition coefficient (Wildman–Crippen LogP) is 5.27. The zero-order valence-electron chi connectivity index (χ0n) is 18.0. The van der Waals surface area contributed by atoms with Crippen LogP contribution < -0.4 is 5.73 Å². The molecule has 31 heavy (non-hydrogen) atoms. The molecular formula is C26H25N3O2. The van der Waals surface area contributed by atoms with E-state index in [1.54, 1.807) is 0 Å². The van der Waals surface area contributed by atoms with Crippen LogP contribution in [0.3, 0.4) is 0 Å². The van der Waals surface area contributed by atoms with Gasteiger partial charge in [0.05, 0.1) is 5.92 Å². The first-order valence-corrected chi connectivity index (χ1v) is 10.7. The molecule has 2 N–H and O–H groups in total. The van der Waals surface area contributed by atoms with Gasteiger partial charge in [-0.2, -0.15) is 5.26 Å². The average Bonchev–Trinajstić information content (AvgIpc) is 3.04. The van der Waals surface area contributed by atoms with Crippen LogP contribution in [0.2, 0.25) is 0 Å². The zero-order chi connectivity index (χ0) is 21.9. The lowest BCUT2D eigenvalue weighted by molar-refractivity contribution is -0.119. The van der Waals surface area contributed by atoms with E-state index in [1.807, 2.05) is 18.2 Å². The van der Waals surface area contributed by atoms with E-state index in [1.165, 1.54) is 10.9 Å². The number of para-hydroxylation sites is 1. The van der Waals surface area contributed by atoms with Gasteiger partial charge in [0.2, 0.25) is 5.88 Å². The summed E-state index contributed by atoms with van der Waals surface area (Å²) in [4.78, 5) is 13.2. The second-order valence-electron chi connectivity index (χ2n) is 9.24. The predicted molar refractivity (Wildman–Crippen MR) is 121 cm³/mol. The Morgan fingerprint density at radius 3 is 2.65 bits per heavy atom. The largest absolute Gasteiger partial charge is 0.444 e. The number of Topliss-reactive ketones (excluding diaryl/α,β-unsaturated/α-hetero) is 1. The molecule has 5 rings (SSSR count). The number of allylic oxidation sites excluding steroid dienone is 3. The van der Waals surface area contributed by atoms with Crippen LogP contribution >= 0.6 is 0 Å². The molecule has 1 aliphatic carbocycles. The van der Waals surface area contributed by atoms with Crippen molar-refractivity contribution < 1.29 is 9.53 Å². The Labute approximate surface area is 181 Å². The standard InChI is InChI=1S/C26H25N3O2/c1-4-29-19-8-6-5-7-16(19)17-10-9-15(11-20(17)29)23-18(14-27)25(28)31-22-13-26(2,3)12-21(30)24(22)23/h5-11,23H,4,12-13,28H2,1-3H3/t23-/m0/s1.